The van der Waals surface area contributed by atoms with Crippen LogP contribution in [0, 0.1) is 12.7 Å². The summed E-state index contributed by atoms with van der Waals surface area (Å²) < 4.78 is 51.5. The molecule has 1 rings (SSSR count). The molecule has 1 unspecified atom stereocenters. The fourth-order valence-electron chi connectivity index (χ4n) is 1.36. The smallest absolute Gasteiger partial charge is 0.422 e. The zero-order valence-corrected chi connectivity index (χ0v) is 11.0. The number of carbonyl (C=O) groups is 2. The van der Waals surface area contributed by atoms with E-state index in [2.05, 4.69) is 0 Å². The zero-order valence-electron chi connectivity index (χ0n) is 11.0. The number of urea groups is 1. The van der Waals surface area contributed by atoms with Crippen molar-refractivity contribution in [2.45, 2.75) is 25.6 Å². The SMILES string of the molecule is Cc1ccc(F)c(NC(=O)NC(C)(C(=O)O)C(F)(F)F)c1. The van der Waals surface area contributed by atoms with Crippen LogP contribution in [0.1, 0.15) is 12.5 Å². The first-order valence-corrected chi connectivity index (χ1v) is 5.63. The first-order chi connectivity index (χ1) is 9.47. The molecule has 1 atom stereocenters. The van der Waals surface area contributed by atoms with Gasteiger partial charge in [-0.15, -0.1) is 0 Å². The van der Waals surface area contributed by atoms with Crippen LogP contribution in [-0.2, 0) is 4.79 Å². The summed E-state index contributed by atoms with van der Waals surface area (Å²) in [5.41, 5.74) is -3.29. The number of anilines is 1. The molecular weight excluding hydrogens is 296 g/mol. The normalized spacial score (nSPS) is 14.2. The topological polar surface area (TPSA) is 78.4 Å². The van der Waals surface area contributed by atoms with Crippen LogP contribution < -0.4 is 10.6 Å². The summed E-state index contributed by atoms with van der Waals surface area (Å²) >= 11 is 0. The van der Waals surface area contributed by atoms with Crippen LogP contribution in [-0.4, -0.2) is 28.8 Å². The highest BCUT2D eigenvalue weighted by molar-refractivity contribution is 5.94. The van der Waals surface area contributed by atoms with Crippen molar-refractivity contribution < 1.29 is 32.3 Å². The lowest BCUT2D eigenvalue weighted by Gasteiger charge is -2.28. The van der Waals surface area contributed by atoms with Crippen molar-refractivity contribution in [1.29, 1.82) is 0 Å². The maximum Gasteiger partial charge on any atom is 0.422 e. The third-order valence-corrected chi connectivity index (χ3v) is 2.73. The van der Waals surface area contributed by atoms with Gasteiger partial charge in [-0.3, -0.25) is 0 Å². The second kappa shape index (κ2) is 5.58. The van der Waals surface area contributed by atoms with E-state index in [-0.39, 0.29) is 5.69 Å². The number of halogens is 4. The molecule has 0 fully saturated rings. The van der Waals surface area contributed by atoms with Gasteiger partial charge in [-0.05, 0) is 31.5 Å². The van der Waals surface area contributed by atoms with Gasteiger partial charge in [0.1, 0.15) is 5.82 Å². The predicted octanol–water partition coefficient (Wildman–Crippen LogP) is 2.66. The zero-order chi connectivity index (χ0) is 16.4. The molecule has 0 aromatic heterocycles. The number of amides is 2. The summed E-state index contributed by atoms with van der Waals surface area (Å²) in [6, 6.07) is 2.13. The molecule has 0 saturated heterocycles. The monoisotopic (exact) mass is 308 g/mol. The van der Waals surface area contributed by atoms with E-state index >= 15 is 0 Å². The number of rotatable bonds is 3. The second-order valence-electron chi connectivity index (χ2n) is 4.49. The number of carboxylic acid groups (broad SMARTS) is 1. The number of hydrogen-bond acceptors (Lipinski definition) is 2. The van der Waals surface area contributed by atoms with E-state index in [0.29, 0.717) is 12.5 Å². The molecule has 2 amide bonds. The lowest BCUT2D eigenvalue weighted by atomic mass is 10.0. The number of aliphatic carboxylic acids is 1. The van der Waals surface area contributed by atoms with Gasteiger partial charge in [-0.25, -0.2) is 14.0 Å². The van der Waals surface area contributed by atoms with Crippen molar-refractivity contribution in [3.63, 3.8) is 0 Å². The van der Waals surface area contributed by atoms with Gasteiger partial charge in [0.25, 0.3) is 0 Å². The van der Waals surface area contributed by atoms with Crippen molar-refractivity contribution in [2.75, 3.05) is 5.32 Å². The van der Waals surface area contributed by atoms with Crippen LogP contribution in [0.3, 0.4) is 0 Å². The number of aryl methyl sites for hydroxylation is 1. The lowest BCUT2D eigenvalue weighted by molar-refractivity contribution is -0.203. The maximum absolute atomic E-state index is 13.4. The van der Waals surface area contributed by atoms with E-state index < -0.39 is 29.5 Å². The molecular formula is C12H12F4N2O3. The Hall–Kier alpha value is -2.32. The molecule has 21 heavy (non-hydrogen) atoms. The molecule has 0 saturated carbocycles. The fraction of sp³-hybridized carbons (Fsp3) is 0.333. The molecule has 0 bridgehead atoms. The molecule has 1 aromatic rings. The Morgan fingerprint density at radius 3 is 2.29 bits per heavy atom. The van der Waals surface area contributed by atoms with E-state index in [4.69, 9.17) is 5.11 Å². The van der Waals surface area contributed by atoms with Gasteiger partial charge >= 0.3 is 18.2 Å². The van der Waals surface area contributed by atoms with Gasteiger partial charge in [0, 0.05) is 0 Å². The Kier molecular flexibility index (Phi) is 4.45. The van der Waals surface area contributed by atoms with Crippen LogP contribution in [0.2, 0.25) is 0 Å². The molecule has 0 aliphatic rings. The molecule has 0 aliphatic carbocycles. The van der Waals surface area contributed by atoms with Crippen LogP contribution in [0.25, 0.3) is 0 Å². The number of carboxylic acids is 1. The summed E-state index contributed by atoms with van der Waals surface area (Å²) in [5, 5.41) is 11.8. The van der Waals surface area contributed by atoms with Crippen molar-refractivity contribution in [2.24, 2.45) is 0 Å². The summed E-state index contributed by atoms with van der Waals surface area (Å²) in [7, 11) is 0. The minimum Gasteiger partial charge on any atom is -0.479 e. The Morgan fingerprint density at radius 1 is 1.24 bits per heavy atom. The van der Waals surface area contributed by atoms with Crippen LogP contribution >= 0.6 is 0 Å². The highest BCUT2D eigenvalue weighted by Gasteiger charge is 2.58. The number of alkyl halides is 3. The summed E-state index contributed by atoms with van der Waals surface area (Å²) in [5.74, 6) is -3.14. The molecule has 3 N–H and O–H groups in total. The average molecular weight is 308 g/mol. The first kappa shape index (κ1) is 16.7. The molecule has 5 nitrogen and oxygen atoms in total. The van der Waals surface area contributed by atoms with Crippen molar-refractivity contribution in [1.82, 2.24) is 5.32 Å². The van der Waals surface area contributed by atoms with Gasteiger partial charge in [0.15, 0.2) is 0 Å². The quantitative estimate of drug-likeness (QED) is 0.751. The Bertz CT molecular complexity index is 574. The molecule has 116 valence electrons. The van der Waals surface area contributed by atoms with Crippen LogP contribution in [0.4, 0.5) is 28.0 Å². The standard InChI is InChI=1S/C12H12F4N2O3/c1-6-3-4-7(13)8(5-6)17-10(21)18-11(2,9(19)20)12(14,15)16/h3-5H,1-2H3,(H,19,20)(H2,17,18,21). The predicted molar refractivity (Wildman–Crippen MR) is 65.4 cm³/mol. The number of nitrogens with one attached hydrogen (secondary N) is 2. The Labute approximate surface area is 117 Å². The highest BCUT2D eigenvalue weighted by Crippen LogP contribution is 2.30. The Morgan fingerprint density at radius 2 is 1.81 bits per heavy atom. The molecule has 0 aliphatic heterocycles. The minimum atomic E-state index is -5.22. The number of benzene rings is 1. The molecule has 9 heteroatoms. The Balaban J connectivity index is 2.95. The van der Waals surface area contributed by atoms with E-state index in [1.807, 2.05) is 5.32 Å². The minimum absolute atomic E-state index is 0.293. The molecule has 0 heterocycles. The number of hydrogen-bond donors (Lipinski definition) is 3. The highest BCUT2D eigenvalue weighted by atomic mass is 19.4. The summed E-state index contributed by atoms with van der Waals surface area (Å²) in [6.45, 7) is 1.88. The van der Waals surface area contributed by atoms with E-state index in [1.54, 1.807) is 6.92 Å². The third-order valence-electron chi connectivity index (χ3n) is 2.73. The van der Waals surface area contributed by atoms with Crippen molar-refractivity contribution in [3.8, 4) is 0 Å². The molecule has 0 radical (unpaired) electrons. The first-order valence-electron chi connectivity index (χ1n) is 5.63. The second-order valence-corrected chi connectivity index (χ2v) is 4.49. The fourth-order valence-corrected chi connectivity index (χ4v) is 1.36. The lowest BCUT2D eigenvalue weighted by Crippen LogP contribution is -2.62. The van der Waals surface area contributed by atoms with Gasteiger partial charge in [0.2, 0.25) is 5.54 Å². The van der Waals surface area contributed by atoms with Gasteiger partial charge < -0.3 is 15.7 Å². The van der Waals surface area contributed by atoms with E-state index in [1.165, 1.54) is 17.4 Å². The summed E-state index contributed by atoms with van der Waals surface area (Å²) in [4.78, 5) is 22.2. The van der Waals surface area contributed by atoms with Crippen molar-refractivity contribution in [3.05, 3.63) is 29.6 Å². The largest absolute Gasteiger partial charge is 0.479 e. The van der Waals surface area contributed by atoms with Gasteiger partial charge in [-0.2, -0.15) is 13.2 Å². The van der Waals surface area contributed by atoms with E-state index in [0.717, 1.165) is 6.07 Å². The van der Waals surface area contributed by atoms with Crippen LogP contribution in [0.15, 0.2) is 18.2 Å². The van der Waals surface area contributed by atoms with Crippen LogP contribution in [0.5, 0.6) is 0 Å². The van der Waals surface area contributed by atoms with E-state index in [9.17, 15) is 27.2 Å². The third kappa shape index (κ3) is 3.61. The molecule has 1 aromatic carbocycles. The number of carbonyl (C=O) groups excluding carboxylic acids is 1. The van der Waals surface area contributed by atoms with Gasteiger partial charge in [0.05, 0.1) is 5.69 Å². The van der Waals surface area contributed by atoms with Crippen molar-refractivity contribution >= 4 is 17.7 Å². The average Bonchev–Trinajstić information content (AvgIpc) is 2.32. The summed E-state index contributed by atoms with van der Waals surface area (Å²) in [6.07, 6.45) is -5.22. The maximum atomic E-state index is 13.4. The van der Waals surface area contributed by atoms with Gasteiger partial charge in [-0.1, -0.05) is 6.07 Å². The molecule has 0 spiro atoms.